The van der Waals surface area contributed by atoms with Crippen molar-refractivity contribution in [1.82, 2.24) is 5.32 Å². The number of carboxylic acid groups (broad SMARTS) is 1. The summed E-state index contributed by atoms with van der Waals surface area (Å²) in [6, 6.07) is 7.19. The van der Waals surface area contributed by atoms with Crippen molar-refractivity contribution in [2.24, 2.45) is 23.7 Å². The predicted molar refractivity (Wildman–Crippen MR) is 127 cm³/mol. The van der Waals surface area contributed by atoms with Gasteiger partial charge in [0, 0.05) is 24.7 Å². The molecule has 1 amide bonds. The van der Waals surface area contributed by atoms with Gasteiger partial charge in [-0.25, -0.2) is 14.6 Å². The summed E-state index contributed by atoms with van der Waals surface area (Å²) in [7, 11) is 0. The van der Waals surface area contributed by atoms with Crippen molar-refractivity contribution in [3.63, 3.8) is 0 Å². The minimum atomic E-state index is -1.20. The van der Waals surface area contributed by atoms with Crippen LogP contribution in [0.3, 0.4) is 0 Å². The first kappa shape index (κ1) is 26.1. The number of hydrogen-bond acceptors (Lipinski definition) is 8. The van der Waals surface area contributed by atoms with Gasteiger partial charge in [0.1, 0.15) is 0 Å². The third kappa shape index (κ3) is 4.76. The van der Waals surface area contributed by atoms with E-state index in [-0.39, 0.29) is 30.6 Å². The van der Waals surface area contributed by atoms with Gasteiger partial charge < -0.3 is 24.6 Å². The molecule has 9 atom stereocenters. The summed E-state index contributed by atoms with van der Waals surface area (Å²) in [4.78, 5) is 48.7. The minimum Gasteiger partial charge on any atom is -0.479 e. The molecule has 5 fully saturated rings. The molecule has 10 nitrogen and oxygen atoms in total. The molecule has 4 heterocycles. The van der Waals surface area contributed by atoms with Crippen molar-refractivity contribution in [1.29, 1.82) is 0 Å². The Morgan fingerprint density at radius 3 is 2.57 bits per heavy atom. The molecule has 6 rings (SSSR count). The number of benzene rings is 1. The Bertz CT molecular complexity index is 1030. The fraction of sp³-hybridized carbons (Fsp3) is 0.667. The number of carboxylic acids is 1. The number of amides is 1. The van der Waals surface area contributed by atoms with E-state index in [2.05, 4.69) is 12.2 Å². The molecule has 1 aliphatic carbocycles. The number of aliphatic carboxylic acids is 1. The number of fused-ring (bicyclic) bond motifs is 2. The van der Waals surface area contributed by atoms with Crippen LogP contribution < -0.4 is 5.32 Å². The van der Waals surface area contributed by atoms with Gasteiger partial charge in [0.15, 0.2) is 17.9 Å². The number of nitrogens with one attached hydrogen (secondary N) is 1. The second kappa shape index (κ2) is 9.98. The number of hydrogen-bond donors (Lipinski definition) is 2. The average molecular weight is 518 g/mol. The third-order valence-corrected chi connectivity index (χ3v) is 8.59. The lowest BCUT2D eigenvalue weighted by Crippen LogP contribution is -2.70. The van der Waals surface area contributed by atoms with Gasteiger partial charge in [0.05, 0.1) is 6.42 Å². The third-order valence-electron chi connectivity index (χ3n) is 8.59. The average Bonchev–Trinajstić information content (AvgIpc) is 3.10. The van der Waals surface area contributed by atoms with E-state index in [1.165, 1.54) is 0 Å². The molecule has 0 radical (unpaired) electrons. The Balaban J connectivity index is 1.22. The molecule has 37 heavy (non-hydrogen) atoms. The first-order valence-electron chi connectivity index (χ1n) is 13.1. The fourth-order valence-corrected chi connectivity index (χ4v) is 6.58. The summed E-state index contributed by atoms with van der Waals surface area (Å²) in [6.45, 7) is 6.04. The summed E-state index contributed by atoms with van der Waals surface area (Å²) >= 11 is 0. The maximum atomic E-state index is 12.7. The van der Waals surface area contributed by atoms with Gasteiger partial charge in [-0.3, -0.25) is 9.59 Å². The van der Waals surface area contributed by atoms with E-state index >= 15 is 0 Å². The van der Waals surface area contributed by atoms with Gasteiger partial charge in [0.25, 0.3) is 0 Å². The van der Waals surface area contributed by atoms with E-state index in [1.807, 2.05) is 13.8 Å². The maximum absolute atomic E-state index is 12.7. The summed E-state index contributed by atoms with van der Waals surface area (Å²) in [5.41, 5.74) is -0.305. The summed E-state index contributed by atoms with van der Waals surface area (Å²) in [6.07, 6.45) is 1.48. The van der Waals surface area contributed by atoms with Gasteiger partial charge in [-0.15, -0.1) is 0 Å². The second-order valence-electron chi connectivity index (χ2n) is 11.0. The molecule has 202 valence electrons. The van der Waals surface area contributed by atoms with Crippen LogP contribution in [0.2, 0.25) is 0 Å². The highest BCUT2D eigenvalue weighted by molar-refractivity contribution is 5.86. The molecule has 4 saturated heterocycles. The number of carbonyl (C=O) groups excluding carboxylic acids is 2. The topological polar surface area (TPSA) is 130 Å². The zero-order chi connectivity index (χ0) is 26.4. The van der Waals surface area contributed by atoms with Gasteiger partial charge in [-0.1, -0.05) is 44.2 Å². The van der Waals surface area contributed by atoms with Crippen LogP contribution in [0.4, 0.5) is 0 Å². The quantitative estimate of drug-likeness (QED) is 0.412. The standard InChI is InChI=1S/C27H35NO9/c1-15-9-10-19-16(2)24(34-25-27(19)18(15)13-14-26(3,35-25)36-37-27)33-21(30)12-11-20(29)28-22(23(31)32)17-7-5-4-6-8-17/h4-8,15-16,18-19,22,24-25H,9-14H2,1-3H3,(H,28,29)(H,31,32)/t15-,16-,18+,19+,22+,24-,25-,26+,27?/m1/s1. The van der Waals surface area contributed by atoms with E-state index in [0.717, 1.165) is 19.3 Å². The van der Waals surface area contributed by atoms with E-state index in [4.69, 9.17) is 24.0 Å². The van der Waals surface area contributed by atoms with Crippen LogP contribution >= 0.6 is 0 Å². The molecule has 2 N–H and O–H groups in total. The summed E-state index contributed by atoms with van der Waals surface area (Å²) < 4.78 is 18.2. The first-order chi connectivity index (χ1) is 17.6. The Morgan fingerprint density at radius 1 is 1.08 bits per heavy atom. The highest BCUT2D eigenvalue weighted by atomic mass is 17.3. The van der Waals surface area contributed by atoms with Gasteiger partial charge in [0.2, 0.25) is 18.0 Å². The van der Waals surface area contributed by atoms with Crippen molar-refractivity contribution in [3.8, 4) is 0 Å². The highest BCUT2D eigenvalue weighted by Gasteiger charge is 2.69. The van der Waals surface area contributed by atoms with Gasteiger partial charge >= 0.3 is 11.9 Å². The largest absolute Gasteiger partial charge is 0.479 e. The Kier molecular flexibility index (Phi) is 7.04. The van der Waals surface area contributed by atoms with Gasteiger partial charge in [-0.2, -0.15) is 0 Å². The van der Waals surface area contributed by atoms with Crippen LogP contribution in [0.5, 0.6) is 0 Å². The monoisotopic (exact) mass is 517 g/mol. The highest BCUT2D eigenvalue weighted by Crippen LogP contribution is 2.60. The minimum absolute atomic E-state index is 0.0124. The lowest BCUT2D eigenvalue weighted by Gasteiger charge is -2.59. The van der Waals surface area contributed by atoms with Crippen molar-refractivity contribution in [2.45, 2.75) is 89.3 Å². The second-order valence-corrected chi connectivity index (χ2v) is 11.0. The molecule has 1 aromatic carbocycles. The lowest BCUT2D eigenvalue weighted by molar-refractivity contribution is -0.576. The lowest BCUT2D eigenvalue weighted by atomic mass is 9.58. The molecule has 0 aromatic heterocycles. The molecule has 4 aliphatic heterocycles. The Morgan fingerprint density at radius 2 is 1.84 bits per heavy atom. The zero-order valence-corrected chi connectivity index (χ0v) is 21.4. The van der Waals surface area contributed by atoms with Crippen LogP contribution in [0.25, 0.3) is 0 Å². The summed E-state index contributed by atoms with van der Waals surface area (Å²) in [5, 5.41) is 12.0. The molecule has 1 aromatic rings. The van der Waals surface area contributed by atoms with Crippen molar-refractivity contribution in [3.05, 3.63) is 35.9 Å². The molecule has 10 heteroatoms. The Hall–Kier alpha value is -2.53. The van der Waals surface area contributed by atoms with E-state index < -0.39 is 47.9 Å². The predicted octanol–water partition coefficient (Wildman–Crippen LogP) is 3.46. The van der Waals surface area contributed by atoms with E-state index in [9.17, 15) is 19.5 Å². The van der Waals surface area contributed by atoms with E-state index in [1.54, 1.807) is 30.3 Å². The van der Waals surface area contributed by atoms with Crippen LogP contribution in [-0.4, -0.2) is 46.9 Å². The van der Waals surface area contributed by atoms with Crippen molar-refractivity contribution < 1.29 is 43.5 Å². The van der Waals surface area contributed by atoms with Crippen molar-refractivity contribution >= 4 is 17.8 Å². The Labute approximate surface area is 215 Å². The number of esters is 1. The SMILES string of the molecule is C[C@H]1[C@H](OC(=O)CCC(=O)N[C@H](C(=O)O)c2ccccc2)O[C@@H]2O[C@]3(C)CC[C@H]4[C@H](C)CC[C@@H]1C24OO3. The first-order valence-corrected chi connectivity index (χ1v) is 13.1. The number of carbonyl (C=O) groups is 3. The van der Waals surface area contributed by atoms with Crippen LogP contribution in [0.15, 0.2) is 30.3 Å². The van der Waals surface area contributed by atoms with Crippen LogP contribution in [0, 0.1) is 23.7 Å². The number of rotatable bonds is 7. The van der Waals surface area contributed by atoms with Crippen LogP contribution in [-0.2, 0) is 38.4 Å². The molecule has 1 saturated carbocycles. The van der Waals surface area contributed by atoms with Crippen molar-refractivity contribution in [2.75, 3.05) is 0 Å². The molecule has 2 bridgehead atoms. The normalized spacial score (nSPS) is 39.1. The maximum Gasteiger partial charge on any atom is 0.330 e. The molecular formula is C27H35NO9. The van der Waals surface area contributed by atoms with Crippen LogP contribution in [0.1, 0.15) is 70.9 Å². The summed E-state index contributed by atoms with van der Waals surface area (Å²) in [5.74, 6) is -2.80. The van der Waals surface area contributed by atoms with E-state index in [0.29, 0.717) is 17.9 Å². The fourth-order valence-electron chi connectivity index (χ4n) is 6.58. The molecule has 1 spiro atoms. The molecular weight excluding hydrogens is 482 g/mol. The van der Waals surface area contributed by atoms with Gasteiger partial charge in [-0.05, 0) is 43.6 Å². The molecule has 5 aliphatic rings. The molecule has 1 unspecified atom stereocenters. The zero-order valence-electron chi connectivity index (χ0n) is 21.4. The smallest absolute Gasteiger partial charge is 0.330 e. The number of ether oxygens (including phenoxy) is 3.